The zero-order valence-electron chi connectivity index (χ0n) is 29.0. The number of amides is 1. The number of nitrogen functional groups attached to an aromatic ring is 1. The summed E-state index contributed by atoms with van der Waals surface area (Å²) in [7, 11) is 2.15. The second-order valence-electron chi connectivity index (χ2n) is 15.7. The monoisotopic (exact) mass is 686 g/mol. The number of piperidine rings is 1. The number of thiophene rings is 1. The van der Waals surface area contributed by atoms with Gasteiger partial charge in [-0.15, -0.1) is 11.3 Å². The zero-order chi connectivity index (χ0) is 34.2. The van der Waals surface area contributed by atoms with Crippen LogP contribution < -0.4 is 20.7 Å². The summed E-state index contributed by atoms with van der Waals surface area (Å²) < 4.78 is 18.4. The van der Waals surface area contributed by atoms with Gasteiger partial charge >= 0.3 is 6.09 Å². The van der Waals surface area contributed by atoms with Gasteiger partial charge in [0.2, 0.25) is 5.88 Å². The highest BCUT2D eigenvalue weighted by molar-refractivity contribution is 7.16. The Balaban J connectivity index is 1.12. The van der Waals surface area contributed by atoms with Crippen molar-refractivity contribution in [3.8, 4) is 23.5 Å². The number of nitrogens with two attached hydrogens (primary N) is 1. The molecule has 49 heavy (non-hydrogen) atoms. The summed E-state index contributed by atoms with van der Waals surface area (Å²) in [5.41, 5.74) is 8.73. The Kier molecular flexibility index (Phi) is 7.83. The van der Waals surface area contributed by atoms with Crippen LogP contribution in [0.15, 0.2) is 10.6 Å². The first-order valence-electron chi connectivity index (χ1n) is 17.8. The molecule has 5 heterocycles. The molecule has 12 nitrogen and oxygen atoms in total. The number of likely N-dealkylation sites (N-methyl/N-ethyl adjacent to an activating group) is 1. The lowest BCUT2D eigenvalue weighted by atomic mass is 9.63. The number of hydrogen-bond acceptors (Lipinski definition) is 12. The molecule has 8 rings (SSSR count). The molecule has 0 aromatic carbocycles. The molecule has 0 radical (unpaired) electrons. The van der Waals surface area contributed by atoms with Gasteiger partial charge in [0.15, 0.2) is 17.3 Å². The number of anilines is 2. The molecular formula is C36H46N8O4S. The van der Waals surface area contributed by atoms with Crippen molar-refractivity contribution in [2.45, 2.75) is 108 Å². The fourth-order valence-electron chi connectivity index (χ4n) is 9.13. The van der Waals surface area contributed by atoms with Crippen LogP contribution in [0.2, 0.25) is 0 Å². The van der Waals surface area contributed by atoms with E-state index in [1.54, 1.807) is 11.3 Å². The van der Waals surface area contributed by atoms with Crippen LogP contribution in [-0.2, 0) is 23.0 Å². The van der Waals surface area contributed by atoms with E-state index < -0.39 is 11.0 Å². The Morgan fingerprint density at radius 1 is 1.20 bits per heavy atom. The third-order valence-corrected chi connectivity index (χ3v) is 12.5. The molecule has 3 aliphatic carbocycles. The number of aromatic nitrogens is 3. The summed E-state index contributed by atoms with van der Waals surface area (Å²) in [5, 5.41) is 18.5. The maximum atomic E-state index is 12.5. The van der Waals surface area contributed by atoms with Crippen molar-refractivity contribution in [3.63, 3.8) is 0 Å². The first-order chi connectivity index (χ1) is 23.5. The number of nitrogens with one attached hydrogen (secondary N) is 1. The number of likely N-dealkylation sites (tertiary alicyclic amines) is 1. The van der Waals surface area contributed by atoms with E-state index in [1.807, 2.05) is 26.8 Å². The maximum Gasteiger partial charge on any atom is 0.407 e. The van der Waals surface area contributed by atoms with Crippen LogP contribution in [0, 0.1) is 23.2 Å². The SMILES string of the molecule is C[C@H](Oc1cc(N2C[C@@H]3C(NC(=O)OC(C)(C)C)[C@@H]3C2)nc(-c2noc3c2CCC[C@@]32CCCc3sc(N)c(C#N)c32)n1)[C@@H]1CCCN1C. The van der Waals surface area contributed by atoms with Crippen LogP contribution in [0.3, 0.4) is 0 Å². The lowest BCUT2D eigenvalue weighted by molar-refractivity contribution is 0.0518. The van der Waals surface area contributed by atoms with E-state index in [2.05, 4.69) is 40.3 Å². The third-order valence-electron chi connectivity index (χ3n) is 11.4. The fourth-order valence-corrected chi connectivity index (χ4v) is 10.3. The van der Waals surface area contributed by atoms with Crippen LogP contribution in [0.25, 0.3) is 11.5 Å². The average molecular weight is 687 g/mol. The van der Waals surface area contributed by atoms with Crippen LogP contribution >= 0.6 is 11.3 Å². The number of carbonyl (C=O) groups excluding carboxylic acids is 1. The number of hydrogen-bond donors (Lipinski definition) is 2. The number of alkyl carbamates (subject to hydrolysis) is 1. The molecule has 0 bridgehead atoms. The molecule has 260 valence electrons. The number of ether oxygens (including phenoxy) is 2. The molecular weight excluding hydrogens is 641 g/mol. The van der Waals surface area contributed by atoms with E-state index in [9.17, 15) is 10.1 Å². The van der Waals surface area contributed by atoms with Gasteiger partial charge in [0.1, 0.15) is 28.6 Å². The van der Waals surface area contributed by atoms with Crippen LogP contribution in [0.1, 0.15) is 93.5 Å². The Bertz CT molecular complexity index is 1810. The van der Waals surface area contributed by atoms with Crippen molar-refractivity contribution < 1.29 is 18.8 Å². The van der Waals surface area contributed by atoms with Crippen molar-refractivity contribution >= 4 is 28.2 Å². The normalized spacial score (nSPS) is 28.0. The van der Waals surface area contributed by atoms with Crippen molar-refractivity contribution in [2.75, 3.05) is 37.3 Å². The Hall–Kier alpha value is -3.89. The van der Waals surface area contributed by atoms with Crippen LogP contribution in [0.4, 0.5) is 15.6 Å². The highest BCUT2D eigenvalue weighted by Crippen LogP contribution is 2.55. The van der Waals surface area contributed by atoms with E-state index in [0.29, 0.717) is 45.8 Å². The number of carbonyl (C=O) groups is 1. The molecule has 3 aromatic rings. The van der Waals surface area contributed by atoms with Gasteiger partial charge in [-0.25, -0.2) is 9.78 Å². The maximum absolute atomic E-state index is 12.5. The standard InChI is InChI=1S/C36H46N8O4S/c1-19(24-10-8-14-43(24)5)46-27-15-26(44-17-22-23(18-44)29(22)41-34(45)47-35(2,3)4)39-33(40-27)30-20-9-6-12-36(31(20)48-42-30)13-7-11-25-28(36)21(16-37)32(38)49-25/h15,19,22-24,29H,6-14,17-18,38H2,1-5H3,(H,41,45)/t19-,22-,23+,24-,29?,36-/m0/s1. The highest BCUT2D eigenvalue weighted by atomic mass is 32.1. The second-order valence-corrected chi connectivity index (χ2v) is 16.8. The first kappa shape index (κ1) is 32.3. The van der Waals surface area contributed by atoms with Gasteiger partial charge in [-0.2, -0.15) is 10.2 Å². The molecule has 3 N–H and O–H groups in total. The van der Waals surface area contributed by atoms with Crippen LogP contribution in [0.5, 0.6) is 5.88 Å². The largest absolute Gasteiger partial charge is 0.473 e. The van der Waals surface area contributed by atoms with Gasteiger partial charge in [-0.3, -0.25) is 4.90 Å². The minimum Gasteiger partial charge on any atom is -0.473 e. The molecule has 1 unspecified atom stereocenters. The van der Waals surface area contributed by atoms with Gasteiger partial charge < -0.3 is 29.9 Å². The summed E-state index contributed by atoms with van der Waals surface area (Å²) in [6.07, 6.45) is 7.28. The Morgan fingerprint density at radius 3 is 2.65 bits per heavy atom. The zero-order valence-corrected chi connectivity index (χ0v) is 29.9. The lowest BCUT2D eigenvalue weighted by Crippen LogP contribution is -2.38. The average Bonchev–Trinajstić information content (AvgIpc) is 3.61. The fraction of sp³-hybridized carbons (Fsp3) is 0.639. The van der Waals surface area contributed by atoms with Gasteiger partial charge in [-0.05, 0) is 98.2 Å². The highest BCUT2D eigenvalue weighted by Gasteiger charge is 2.57. The summed E-state index contributed by atoms with van der Waals surface area (Å²) in [6, 6.07) is 4.77. The van der Waals surface area contributed by atoms with Gasteiger partial charge in [0.05, 0.1) is 11.0 Å². The van der Waals surface area contributed by atoms with E-state index in [1.165, 1.54) is 4.88 Å². The topological polar surface area (TPSA) is 156 Å². The Labute approximate surface area is 291 Å². The molecule has 2 saturated heterocycles. The molecule has 13 heteroatoms. The first-order valence-corrected chi connectivity index (χ1v) is 18.6. The summed E-state index contributed by atoms with van der Waals surface area (Å²) in [5.74, 6) is 3.29. The Morgan fingerprint density at radius 2 is 1.96 bits per heavy atom. The van der Waals surface area contributed by atoms with E-state index in [-0.39, 0.29) is 18.2 Å². The molecule has 3 fully saturated rings. The van der Waals surface area contributed by atoms with E-state index in [0.717, 1.165) is 93.7 Å². The molecule has 3 aromatic heterocycles. The van der Waals surface area contributed by atoms with E-state index >= 15 is 0 Å². The predicted molar refractivity (Wildman–Crippen MR) is 186 cm³/mol. The minimum absolute atomic E-state index is 0.0545. The number of rotatable bonds is 6. The molecule has 1 saturated carbocycles. The second kappa shape index (κ2) is 11.9. The smallest absolute Gasteiger partial charge is 0.407 e. The number of aryl methyl sites for hydroxylation is 1. The molecule has 1 spiro atoms. The number of fused-ring (bicyclic) bond motifs is 5. The number of nitriles is 1. The molecule has 6 atom stereocenters. The van der Waals surface area contributed by atoms with Crippen molar-refractivity contribution in [1.29, 1.82) is 5.26 Å². The van der Waals surface area contributed by atoms with Gasteiger partial charge in [0.25, 0.3) is 0 Å². The van der Waals surface area contributed by atoms with Gasteiger partial charge in [0, 0.05) is 53.5 Å². The summed E-state index contributed by atoms with van der Waals surface area (Å²) >= 11 is 1.54. The van der Waals surface area contributed by atoms with E-state index in [4.69, 9.17) is 29.7 Å². The van der Waals surface area contributed by atoms with Crippen molar-refractivity contribution in [3.05, 3.63) is 33.4 Å². The predicted octanol–water partition coefficient (Wildman–Crippen LogP) is 5.43. The quantitative estimate of drug-likeness (QED) is 0.341. The van der Waals surface area contributed by atoms with Crippen molar-refractivity contribution in [1.82, 2.24) is 25.3 Å². The molecule has 1 amide bonds. The summed E-state index contributed by atoms with van der Waals surface area (Å²) in [6.45, 7) is 10.3. The molecule has 5 aliphatic rings. The third kappa shape index (κ3) is 5.61. The summed E-state index contributed by atoms with van der Waals surface area (Å²) in [4.78, 5) is 28.4. The van der Waals surface area contributed by atoms with Gasteiger partial charge in [-0.1, -0.05) is 5.16 Å². The lowest BCUT2D eigenvalue weighted by Gasteiger charge is -2.39. The molecule has 2 aliphatic heterocycles. The number of nitrogens with zero attached hydrogens (tertiary/aromatic N) is 6. The van der Waals surface area contributed by atoms with Crippen molar-refractivity contribution in [2.24, 2.45) is 11.8 Å². The van der Waals surface area contributed by atoms with Crippen LogP contribution in [-0.4, -0.2) is 76.6 Å². The minimum atomic E-state index is -0.535.